The lowest BCUT2D eigenvalue weighted by molar-refractivity contribution is -0.142. The molecule has 5 N–H and O–H groups in total. The second-order valence-electron chi connectivity index (χ2n) is 4.37. The maximum absolute atomic E-state index is 14.1. The second-order valence-corrected chi connectivity index (χ2v) is 4.37. The van der Waals surface area contributed by atoms with Crippen LogP contribution in [0, 0.1) is 11.3 Å². The molecule has 0 aromatic carbocycles. The lowest BCUT2D eigenvalue weighted by Crippen LogP contribution is -2.48. The normalized spacial score (nSPS) is 32.0. The van der Waals surface area contributed by atoms with E-state index in [0.29, 0.717) is 4.57 Å². The number of nitrogens with two attached hydrogens (primary N) is 1. The van der Waals surface area contributed by atoms with Crippen LogP contribution in [-0.2, 0) is 4.74 Å². The average Bonchev–Trinajstić information content (AvgIpc) is 2.68. The van der Waals surface area contributed by atoms with Gasteiger partial charge in [-0.15, -0.1) is 0 Å². The lowest BCUT2D eigenvalue weighted by atomic mass is 9.97. The molecule has 0 unspecified atom stereocenters. The summed E-state index contributed by atoms with van der Waals surface area (Å²) in [5, 5.41) is 39.1. The number of alkyl halides is 2. The van der Waals surface area contributed by atoms with Crippen LogP contribution in [0.2, 0.25) is 0 Å². The highest BCUT2D eigenvalue weighted by Gasteiger charge is 2.67. The molecule has 1 aliphatic rings. The molecule has 11 heteroatoms. The summed E-state index contributed by atoms with van der Waals surface area (Å²) in [6.07, 6.45) is -3.80. The highest BCUT2D eigenvalue weighted by molar-refractivity contribution is 5.24. The molecule has 1 saturated heterocycles. The summed E-state index contributed by atoms with van der Waals surface area (Å²) in [4.78, 5) is 3.51. The number of halogens is 2. The monoisotopic (exact) mass is 303 g/mol. The Labute approximate surface area is 116 Å². The van der Waals surface area contributed by atoms with E-state index in [4.69, 9.17) is 26.0 Å². The average molecular weight is 303 g/mol. The molecule has 0 saturated carbocycles. The van der Waals surface area contributed by atoms with Crippen LogP contribution in [0.15, 0.2) is 17.4 Å². The third-order valence-electron chi connectivity index (χ3n) is 3.09. The number of nitrogens with zero attached hydrogens (tertiary/aromatic N) is 4. The van der Waals surface area contributed by atoms with Gasteiger partial charge in [-0.1, -0.05) is 0 Å². The number of hydrogen-bond donors (Lipinski definition) is 4. The maximum atomic E-state index is 14.1. The molecule has 1 aromatic heterocycles. The Kier molecular flexibility index (Phi) is 3.54. The first kappa shape index (κ1) is 15.1. The fourth-order valence-electron chi connectivity index (χ4n) is 1.97. The summed E-state index contributed by atoms with van der Waals surface area (Å²) < 4.78 is 33.7. The van der Waals surface area contributed by atoms with Gasteiger partial charge >= 0.3 is 5.92 Å². The highest BCUT2D eigenvalue weighted by atomic mass is 19.3. The molecule has 114 valence electrons. The van der Waals surface area contributed by atoms with Gasteiger partial charge in [-0.3, -0.25) is 4.57 Å². The Bertz CT molecular complexity index is 658. The van der Waals surface area contributed by atoms with Crippen molar-refractivity contribution >= 4 is 5.82 Å². The van der Waals surface area contributed by atoms with E-state index in [1.165, 1.54) is 6.07 Å². The fourth-order valence-corrected chi connectivity index (χ4v) is 1.97. The first-order chi connectivity index (χ1) is 9.82. The SMILES string of the molecule is N#C[C@]1(CO)O[C@@H](n2ccc(N)n/c2=N\O)C(F)(F)[C@@H]1O. The van der Waals surface area contributed by atoms with E-state index in [9.17, 15) is 13.9 Å². The molecule has 0 spiro atoms. The standard InChI is InChI=1S/C10H11F2N5O4/c11-10(12)6(19)9(3-13,4-18)21-7(10)17-2-1-5(14)15-8(17)16-20/h1-2,6-7,18-20H,4H2,(H2,14,15,16)/t6-,7-,9-/m1/s1. The topological polar surface area (TPSA) is 150 Å². The van der Waals surface area contributed by atoms with Gasteiger partial charge in [0.1, 0.15) is 11.9 Å². The highest BCUT2D eigenvalue weighted by Crippen LogP contribution is 2.47. The van der Waals surface area contributed by atoms with Crippen LogP contribution in [0.25, 0.3) is 0 Å². The smallest absolute Gasteiger partial charge is 0.321 e. The summed E-state index contributed by atoms with van der Waals surface area (Å²) in [7, 11) is 0. The van der Waals surface area contributed by atoms with Crippen molar-refractivity contribution in [1.82, 2.24) is 9.55 Å². The number of anilines is 1. The molecular formula is C10H11F2N5O4. The van der Waals surface area contributed by atoms with Crippen LogP contribution >= 0.6 is 0 Å². The molecule has 0 aliphatic carbocycles. The number of nitriles is 1. The Hall–Kier alpha value is -2.29. The van der Waals surface area contributed by atoms with Crippen molar-refractivity contribution in [3.05, 3.63) is 17.9 Å². The van der Waals surface area contributed by atoms with E-state index < -0.39 is 36.1 Å². The van der Waals surface area contributed by atoms with Gasteiger partial charge in [-0.25, -0.2) is 0 Å². The number of aliphatic hydroxyl groups is 2. The van der Waals surface area contributed by atoms with Crippen LogP contribution in [-0.4, -0.2) is 49.2 Å². The number of aliphatic hydroxyl groups excluding tert-OH is 2. The van der Waals surface area contributed by atoms with E-state index in [1.54, 1.807) is 0 Å². The first-order valence-corrected chi connectivity index (χ1v) is 5.61. The zero-order valence-corrected chi connectivity index (χ0v) is 10.4. The predicted molar refractivity (Wildman–Crippen MR) is 60.5 cm³/mol. The van der Waals surface area contributed by atoms with Crippen molar-refractivity contribution in [2.24, 2.45) is 5.16 Å². The Morgan fingerprint density at radius 3 is 2.76 bits per heavy atom. The lowest BCUT2D eigenvalue weighted by Gasteiger charge is -2.21. The van der Waals surface area contributed by atoms with Crippen LogP contribution in [0.1, 0.15) is 6.23 Å². The minimum atomic E-state index is -3.94. The zero-order chi connectivity index (χ0) is 15.8. The fraction of sp³-hybridized carbons (Fsp3) is 0.500. The Morgan fingerprint density at radius 2 is 2.29 bits per heavy atom. The summed E-state index contributed by atoms with van der Waals surface area (Å²) in [5.74, 6) is -4.05. The molecule has 0 radical (unpaired) electrons. The number of aromatic nitrogens is 2. The minimum absolute atomic E-state index is 0.102. The molecule has 0 bridgehead atoms. The van der Waals surface area contributed by atoms with Crippen molar-refractivity contribution in [1.29, 1.82) is 5.26 Å². The number of nitrogen functional groups attached to an aromatic ring is 1. The van der Waals surface area contributed by atoms with Crippen LogP contribution in [0.4, 0.5) is 14.6 Å². The van der Waals surface area contributed by atoms with Crippen LogP contribution in [0.3, 0.4) is 0 Å². The predicted octanol–water partition coefficient (Wildman–Crippen LogP) is -1.47. The van der Waals surface area contributed by atoms with E-state index >= 15 is 0 Å². The van der Waals surface area contributed by atoms with E-state index in [0.717, 1.165) is 12.3 Å². The molecular weight excluding hydrogens is 292 g/mol. The van der Waals surface area contributed by atoms with Gasteiger partial charge in [0.15, 0.2) is 6.10 Å². The van der Waals surface area contributed by atoms with E-state index in [2.05, 4.69) is 10.1 Å². The number of ether oxygens (including phenoxy) is 1. The molecule has 0 amide bonds. The van der Waals surface area contributed by atoms with Crippen LogP contribution < -0.4 is 11.4 Å². The van der Waals surface area contributed by atoms with Gasteiger partial charge in [0.25, 0.3) is 5.62 Å². The number of hydrogen-bond acceptors (Lipinski definition) is 8. The summed E-state index contributed by atoms with van der Waals surface area (Å²) in [5.41, 5.74) is 2.22. The molecule has 2 rings (SSSR count). The molecule has 1 aliphatic heterocycles. The van der Waals surface area contributed by atoms with Gasteiger partial charge in [0.05, 0.1) is 6.61 Å². The van der Waals surface area contributed by atoms with E-state index in [-0.39, 0.29) is 5.82 Å². The zero-order valence-electron chi connectivity index (χ0n) is 10.4. The van der Waals surface area contributed by atoms with Gasteiger partial charge < -0.3 is 25.9 Å². The summed E-state index contributed by atoms with van der Waals surface area (Å²) >= 11 is 0. The third-order valence-corrected chi connectivity index (χ3v) is 3.09. The molecule has 1 fully saturated rings. The first-order valence-electron chi connectivity index (χ1n) is 5.61. The summed E-state index contributed by atoms with van der Waals surface area (Å²) in [6.45, 7) is -1.15. The van der Waals surface area contributed by atoms with Crippen molar-refractivity contribution in [3.63, 3.8) is 0 Å². The quantitative estimate of drug-likeness (QED) is 0.385. The van der Waals surface area contributed by atoms with Crippen molar-refractivity contribution in [3.8, 4) is 6.07 Å². The molecule has 3 atom stereocenters. The van der Waals surface area contributed by atoms with Crippen molar-refractivity contribution in [2.75, 3.05) is 12.3 Å². The molecule has 2 heterocycles. The summed E-state index contributed by atoms with van der Waals surface area (Å²) in [6, 6.07) is 2.46. The number of rotatable bonds is 2. The van der Waals surface area contributed by atoms with Crippen molar-refractivity contribution < 1.29 is 28.9 Å². The van der Waals surface area contributed by atoms with Gasteiger partial charge in [0, 0.05) is 6.20 Å². The molecule has 21 heavy (non-hydrogen) atoms. The van der Waals surface area contributed by atoms with Gasteiger partial charge in [-0.05, 0) is 11.2 Å². The van der Waals surface area contributed by atoms with Gasteiger partial charge in [-0.2, -0.15) is 19.0 Å². The van der Waals surface area contributed by atoms with Crippen LogP contribution in [0.5, 0.6) is 0 Å². The molecule has 9 nitrogen and oxygen atoms in total. The largest absolute Gasteiger partial charge is 0.408 e. The minimum Gasteiger partial charge on any atom is -0.408 e. The Morgan fingerprint density at radius 1 is 1.62 bits per heavy atom. The second kappa shape index (κ2) is 4.92. The Balaban J connectivity index is 2.59. The van der Waals surface area contributed by atoms with Crippen molar-refractivity contribution in [2.45, 2.75) is 23.9 Å². The maximum Gasteiger partial charge on any atom is 0.321 e. The van der Waals surface area contributed by atoms with Gasteiger partial charge in [0.2, 0.25) is 11.8 Å². The molecule has 1 aromatic rings. The van der Waals surface area contributed by atoms with E-state index in [1.807, 2.05) is 0 Å². The third kappa shape index (κ3) is 2.09.